The summed E-state index contributed by atoms with van der Waals surface area (Å²) in [4.78, 5) is 124. The second-order valence-corrected chi connectivity index (χ2v) is 15.8. The van der Waals surface area contributed by atoms with Gasteiger partial charge in [-0.05, 0) is 50.9 Å². The molecule has 0 aliphatic rings. The molecule has 0 rings (SSSR count). The summed E-state index contributed by atoms with van der Waals surface area (Å²) in [6.07, 6.45) is -0.450. The molecule has 0 saturated heterocycles. The highest BCUT2D eigenvalue weighted by atomic mass is 16.4. The number of rotatable bonds is 25. The molecule has 0 spiro atoms. The summed E-state index contributed by atoms with van der Waals surface area (Å²) >= 11 is 0. The van der Waals surface area contributed by atoms with Crippen molar-refractivity contribution in [1.29, 1.82) is 0 Å². The normalized spacial score (nSPS) is 15.8. The molecule has 0 aromatic heterocycles. The van der Waals surface area contributed by atoms with Gasteiger partial charge in [0.2, 0.25) is 47.3 Å². The van der Waals surface area contributed by atoms with Crippen LogP contribution in [0.3, 0.4) is 0 Å². The summed E-state index contributed by atoms with van der Waals surface area (Å²) in [5.41, 5.74) is 5.49. The average molecular weight is 874 g/mol. The number of amides is 8. The fourth-order valence-corrected chi connectivity index (χ4v) is 5.24. The van der Waals surface area contributed by atoms with E-state index in [9.17, 15) is 53.4 Å². The minimum absolute atomic E-state index is 0.0995. The van der Waals surface area contributed by atoms with Crippen LogP contribution in [0.15, 0.2) is 0 Å². The molecule has 0 bridgehead atoms. The second kappa shape index (κ2) is 29.0. The average Bonchev–Trinajstić information content (AvgIpc) is 3.15. The third-order valence-electron chi connectivity index (χ3n) is 9.27. The van der Waals surface area contributed by atoms with E-state index in [4.69, 9.17) is 15.6 Å². The smallest absolute Gasteiger partial charge is 0.326 e. The molecule has 0 heterocycles. The van der Waals surface area contributed by atoms with Gasteiger partial charge in [-0.15, -0.1) is 0 Å². The van der Waals surface area contributed by atoms with Crippen LogP contribution in [0.25, 0.3) is 0 Å². The van der Waals surface area contributed by atoms with Crippen LogP contribution in [0.2, 0.25) is 0 Å². The fourth-order valence-electron chi connectivity index (χ4n) is 5.24. The van der Waals surface area contributed by atoms with E-state index in [1.807, 2.05) is 0 Å². The number of hydrogen-bond acceptors (Lipinski definition) is 12. The van der Waals surface area contributed by atoms with E-state index in [1.54, 1.807) is 55.4 Å². The number of aliphatic hydroxyl groups is 1. The number of nitrogens with one attached hydrogen (secondary N) is 8. The number of carboxylic acids is 2. The van der Waals surface area contributed by atoms with E-state index < -0.39 is 138 Å². The Morgan fingerprint density at radius 3 is 1.31 bits per heavy atom. The van der Waals surface area contributed by atoms with Crippen LogP contribution in [0, 0.1) is 23.7 Å². The molecule has 0 saturated carbocycles. The summed E-state index contributed by atoms with van der Waals surface area (Å²) < 4.78 is 0. The lowest BCUT2D eigenvalue weighted by molar-refractivity contribution is -0.144. The van der Waals surface area contributed by atoms with E-state index in [0.29, 0.717) is 12.8 Å². The van der Waals surface area contributed by atoms with E-state index in [1.165, 1.54) is 20.8 Å². The Hall–Kier alpha value is -5.38. The van der Waals surface area contributed by atoms with E-state index in [2.05, 4.69) is 42.5 Å². The summed E-state index contributed by atoms with van der Waals surface area (Å²) in [5, 5.41) is 47.0. The first-order chi connectivity index (χ1) is 28.1. The van der Waals surface area contributed by atoms with Gasteiger partial charge in [0.15, 0.2) is 0 Å². The van der Waals surface area contributed by atoms with Gasteiger partial charge in [-0.1, -0.05) is 68.2 Å². The topological polar surface area (TPSA) is 354 Å². The van der Waals surface area contributed by atoms with Crippen molar-refractivity contribution < 1.29 is 63.3 Å². The highest BCUT2D eigenvalue weighted by Gasteiger charge is 2.35. The lowest BCUT2D eigenvalue weighted by atomic mass is 9.96. The van der Waals surface area contributed by atoms with Crippen molar-refractivity contribution in [1.82, 2.24) is 42.5 Å². The number of hydrogen-bond donors (Lipinski definition) is 12. The molecule has 0 aromatic rings. The molecule has 0 fully saturated rings. The van der Waals surface area contributed by atoms with Gasteiger partial charge in [-0.2, -0.15) is 0 Å². The Bertz CT molecular complexity index is 1500. The third-order valence-corrected chi connectivity index (χ3v) is 9.27. The molecule has 22 nitrogen and oxygen atoms in total. The minimum Gasteiger partial charge on any atom is -0.481 e. The maximum Gasteiger partial charge on any atom is 0.326 e. The van der Waals surface area contributed by atoms with Gasteiger partial charge < -0.3 is 63.6 Å². The molecule has 22 heteroatoms. The number of carboxylic acid groups (broad SMARTS) is 2. The molecule has 0 radical (unpaired) electrons. The maximum absolute atomic E-state index is 13.7. The lowest BCUT2D eigenvalue weighted by Crippen LogP contribution is -2.61. The van der Waals surface area contributed by atoms with Crippen molar-refractivity contribution >= 4 is 59.2 Å². The molecule has 13 N–H and O–H groups in total. The number of carbonyl (C=O) groups is 10. The van der Waals surface area contributed by atoms with Crippen LogP contribution in [-0.2, 0) is 47.9 Å². The van der Waals surface area contributed by atoms with Crippen molar-refractivity contribution in [3.05, 3.63) is 0 Å². The highest BCUT2D eigenvalue weighted by molar-refractivity contribution is 5.97. The predicted octanol–water partition coefficient (Wildman–Crippen LogP) is -2.15. The van der Waals surface area contributed by atoms with Gasteiger partial charge in [-0.25, -0.2) is 4.79 Å². The first-order valence-electron chi connectivity index (χ1n) is 20.3. The van der Waals surface area contributed by atoms with Gasteiger partial charge in [0.1, 0.15) is 36.3 Å². The van der Waals surface area contributed by atoms with Gasteiger partial charge in [0.05, 0.1) is 25.2 Å². The Kier molecular flexibility index (Phi) is 27.4. The van der Waals surface area contributed by atoms with Crippen LogP contribution in [0.4, 0.5) is 0 Å². The van der Waals surface area contributed by atoms with E-state index >= 15 is 0 Å². The fraction of sp³-hybridized carbons (Fsp3) is 0.744. The first kappa shape index (κ1) is 57.7. The number of aliphatic hydroxyl groups excluding tert-OH is 1. The zero-order chi connectivity index (χ0) is 47.9. The predicted molar refractivity (Wildman–Crippen MR) is 223 cm³/mol. The van der Waals surface area contributed by atoms with Crippen molar-refractivity contribution in [2.24, 2.45) is 29.4 Å². The lowest BCUT2D eigenvalue weighted by Gasteiger charge is -2.29. The van der Waals surface area contributed by atoms with Crippen molar-refractivity contribution in [3.8, 4) is 0 Å². The van der Waals surface area contributed by atoms with Crippen LogP contribution in [0.5, 0.6) is 0 Å². The van der Waals surface area contributed by atoms with Gasteiger partial charge in [0, 0.05) is 6.92 Å². The molecule has 0 unspecified atom stereocenters. The second-order valence-electron chi connectivity index (χ2n) is 15.8. The molecule has 61 heavy (non-hydrogen) atoms. The Balaban J connectivity index is 0. The van der Waals surface area contributed by atoms with Crippen LogP contribution in [0.1, 0.15) is 102 Å². The van der Waals surface area contributed by atoms with Crippen molar-refractivity contribution in [2.45, 2.75) is 151 Å². The minimum atomic E-state index is -1.55. The monoisotopic (exact) mass is 874 g/mol. The van der Waals surface area contributed by atoms with Crippen LogP contribution < -0.4 is 48.3 Å². The maximum atomic E-state index is 13.7. The Morgan fingerprint density at radius 1 is 0.525 bits per heavy atom. The van der Waals surface area contributed by atoms with Crippen LogP contribution in [-0.4, -0.2) is 136 Å². The molecule has 350 valence electrons. The summed E-state index contributed by atoms with van der Waals surface area (Å²) in [6.45, 7) is 17.8. The molecule has 0 aromatic carbocycles. The molecular formula is C39H71N9O13. The third kappa shape index (κ3) is 23.3. The number of aliphatic carboxylic acids is 2. The first-order valence-corrected chi connectivity index (χ1v) is 20.3. The molecule has 10 atom stereocenters. The van der Waals surface area contributed by atoms with Crippen molar-refractivity contribution in [3.63, 3.8) is 0 Å². The Morgan fingerprint density at radius 2 is 0.934 bits per heavy atom. The largest absolute Gasteiger partial charge is 0.481 e. The summed E-state index contributed by atoms with van der Waals surface area (Å²) in [6, 6.07) is -8.16. The van der Waals surface area contributed by atoms with Gasteiger partial charge in [-0.3, -0.25) is 43.2 Å². The standard InChI is InChI=1S/C37H67N9O11.C2H4O2/c1-12-19(7)28(43-25(48)15-39-32(51)22(10)41-31(50)21(9)38)34(53)40-16-26(49)44-29(20(8)13-2)35(54)42-24(14-17(3)4)33(52)46-30(23(11)47)36(55)45-27(18(5)6)37(56)57;1-2(3)4/h17-24,27-30,47H,12-16,38H2,1-11H3,(H,39,51)(H,40,53)(H,41,50)(H,42,54)(H,43,48)(H,44,49)(H,45,55)(H,46,52)(H,56,57);1H3,(H,3,4)/t19-,20-,21-,22-,23+,24-,27-,28-,29-,30-;/m0./s1. The zero-order valence-corrected chi connectivity index (χ0v) is 37.5. The van der Waals surface area contributed by atoms with Gasteiger partial charge >= 0.3 is 5.97 Å². The summed E-state index contributed by atoms with van der Waals surface area (Å²) in [5.74, 6) is -9.47. The summed E-state index contributed by atoms with van der Waals surface area (Å²) in [7, 11) is 0. The van der Waals surface area contributed by atoms with Gasteiger partial charge in [0.25, 0.3) is 5.97 Å². The van der Waals surface area contributed by atoms with Crippen molar-refractivity contribution in [2.75, 3.05) is 13.1 Å². The molecular weight excluding hydrogens is 802 g/mol. The van der Waals surface area contributed by atoms with E-state index in [0.717, 1.165) is 6.92 Å². The zero-order valence-electron chi connectivity index (χ0n) is 37.5. The molecule has 0 aliphatic carbocycles. The Labute approximate surface area is 357 Å². The highest BCUT2D eigenvalue weighted by Crippen LogP contribution is 2.12. The van der Waals surface area contributed by atoms with Crippen LogP contribution >= 0.6 is 0 Å². The molecule has 0 aliphatic heterocycles. The molecule has 8 amide bonds. The quantitative estimate of drug-likeness (QED) is 0.0466. The number of nitrogens with two attached hydrogens (primary N) is 1. The number of carbonyl (C=O) groups excluding carboxylic acids is 8. The SMILES string of the molecule is CC(=O)O.CC[C@H](C)[C@H](NC(=O)CNC(=O)[C@H](C)NC(=O)[C@H](C)N)C(=O)NCC(=O)N[C@H](C(=O)N[C@@H](CC(C)C)C(=O)N[C@H](C(=O)N[C@H](C(=O)O)C(C)C)[C@@H](C)O)[C@@H](C)CC. The van der Waals surface area contributed by atoms with E-state index in [-0.39, 0.29) is 12.3 Å².